The fourth-order valence-electron chi connectivity index (χ4n) is 3.38. The van der Waals surface area contributed by atoms with Crippen LogP contribution in [0.25, 0.3) is 10.6 Å². The number of carbonyl (C=O) groups is 1. The lowest BCUT2D eigenvalue weighted by Crippen LogP contribution is -2.36. The van der Waals surface area contributed by atoms with Crippen molar-refractivity contribution in [2.24, 2.45) is 0 Å². The highest BCUT2D eigenvalue weighted by Gasteiger charge is 2.30. The van der Waals surface area contributed by atoms with Crippen LogP contribution in [0.4, 0.5) is 5.82 Å². The van der Waals surface area contributed by atoms with Crippen LogP contribution in [0.2, 0.25) is 0 Å². The molecule has 0 saturated carbocycles. The average Bonchev–Trinajstić information content (AvgIpc) is 3.38. The number of hydrogen-bond acceptors (Lipinski definition) is 7. The van der Waals surface area contributed by atoms with Crippen LogP contribution in [-0.2, 0) is 6.54 Å². The predicted molar refractivity (Wildman–Crippen MR) is 110 cm³/mol. The van der Waals surface area contributed by atoms with Gasteiger partial charge in [0.2, 0.25) is 0 Å². The van der Waals surface area contributed by atoms with Gasteiger partial charge in [0.05, 0.1) is 6.54 Å². The molecule has 1 aliphatic rings. The van der Waals surface area contributed by atoms with E-state index >= 15 is 0 Å². The third kappa shape index (κ3) is 4.02. The molecule has 0 radical (unpaired) electrons. The molecule has 1 aromatic carbocycles. The third-order valence-electron chi connectivity index (χ3n) is 4.94. The summed E-state index contributed by atoms with van der Waals surface area (Å²) in [6.07, 6.45) is 2.59. The number of likely N-dealkylation sites (N-methyl/N-ethyl adjacent to an activating group) is 1. The van der Waals surface area contributed by atoms with E-state index in [9.17, 15) is 4.79 Å². The van der Waals surface area contributed by atoms with E-state index < -0.39 is 0 Å². The van der Waals surface area contributed by atoms with Gasteiger partial charge in [0, 0.05) is 36.3 Å². The number of benzene rings is 1. The van der Waals surface area contributed by atoms with Crippen molar-refractivity contribution in [3.8, 4) is 10.6 Å². The van der Waals surface area contributed by atoms with E-state index in [1.165, 1.54) is 11.3 Å². The number of nitrogens with two attached hydrogens (primary N) is 1. The fourth-order valence-corrected chi connectivity index (χ4v) is 4.18. The topological polar surface area (TPSA) is 88.2 Å². The number of amides is 1. The number of likely N-dealkylation sites (tertiary alicyclic amines) is 1. The Labute approximate surface area is 167 Å². The summed E-state index contributed by atoms with van der Waals surface area (Å²) >= 11 is 1.50. The Kier molecular flexibility index (Phi) is 5.31. The summed E-state index contributed by atoms with van der Waals surface area (Å²) in [6.45, 7) is 2.01. The number of aromatic nitrogens is 3. The molecule has 0 unspecified atom stereocenters. The molecule has 4 rings (SSSR count). The first-order chi connectivity index (χ1) is 13.6. The SMILES string of the molecule is CN(Cc1nccc(N)n1)[C@H]1CCN(C(=O)c2csc(-c3ccccc3)n2)C1. The van der Waals surface area contributed by atoms with E-state index in [-0.39, 0.29) is 11.9 Å². The highest BCUT2D eigenvalue weighted by Crippen LogP contribution is 2.25. The zero-order valence-electron chi connectivity index (χ0n) is 15.7. The summed E-state index contributed by atoms with van der Waals surface area (Å²) in [5.74, 6) is 1.16. The van der Waals surface area contributed by atoms with Gasteiger partial charge in [0.1, 0.15) is 22.3 Å². The van der Waals surface area contributed by atoms with E-state index in [1.54, 1.807) is 12.3 Å². The van der Waals surface area contributed by atoms with Crippen molar-refractivity contribution in [1.29, 1.82) is 0 Å². The van der Waals surface area contributed by atoms with E-state index in [0.717, 1.165) is 23.5 Å². The van der Waals surface area contributed by atoms with Gasteiger partial charge in [-0.05, 0) is 19.5 Å². The van der Waals surface area contributed by atoms with Crippen LogP contribution in [0.1, 0.15) is 22.7 Å². The first kappa shape index (κ1) is 18.5. The molecule has 28 heavy (non-hydrogen) atoms. The zero-order valence-corrected chi connectivity index (χ0v) is 16.5. The lowest BCUT2D eigenvalue weighted by Gasteiger charge is -2.23. The number of rotatable bonds is 5. The number of nitrogens with zero attached hydrogens (tertiary/aromatic N) is 5. The molecule has 2 N–H and O–H groups in total. The Morgan fingerprint density at radius 2 is 2.11 bits per heavy atom. The molecule has 1 saturated heterocycles. The molecule has 1 amide bonds. The molecule has 2 aromatic heterocycles. The van der Waals surface area contributed by atoms with Gasteiger partial charge in [-0.25, -0.2) is 15.0 Å². The van der Waals surface area contributed by atoms with Crippen LogP contribution < -0.4 is 5.73 Å². The van der Waals surface area contributed by atoms with Crippen molar-refractivity contribution < 1.29 is 4.79 Å². The summed E-state index contributed by atoms with van der Waals surface area (Å²) < 4.78 is 0. The second-order valence-corrected chi connectivity index (χ2v) is 7.77. The molecule has 144 valence electrons. The molecule has 1 fully saturated rings. The molecule has 8 heteroatoms. The molecule has 3 heterocycles. The number of carbonyl (C=O) groups excluding carboxylic acids is 1. The van der Waals surface area contributed by atoms with Crippen LogP contribution in [0.15, 0.2) is 48.0 Å². The first-order valence-corrected chi connectivity index (χ1v) is 10.1. The molecule has 7 nitrogen and oxygen atoms in total. The van der Waals surface area contributed by atoms with E-state index in [4.69, 9.17) is 5.73 Å². The fraction of sp³-hybridized carbons (Fsp3) is 0.300. The van der Waals surface area contributed by atoms with Gasteiger partial charge >= 0.3 is 0 Å². The summed E-state index contributed by atoms with van der Waals surface area (Å²) in [5, 5.41) is 2.72. The Hall–Kier alpha value is -2.84. The van der Waals surface area contributed by atoms with Gasteiger partial charge < -0.3 is 10.6 Å². The monoisotopic (exact) mass is 394 g/mol. The highest BCUT2D eigenvalue weighted by atomic mass is 32.1. The number of nitrogen functional groups attached to an aromatic ring is 1. The van der Waals surface area contributed by atoms with Gasteiger partial charge in [-0.2, -0.15) is 0 Å². The number of hydrogen-bond donors (Lipinski definition) is 1. The van der Waals surface area contributed by atoms with Crippen LogP contribution in [-0.4, -0.2) is 56.8 Å². The average molecular weight is 395 g/mol. The molecule has 0 bridgehead atoms. The van der Waals surface area contributed by atoms with Crippen molar-refractivity contribution in [3.05, 3.63) is 59.5 Å². The van der Waals surface area contributed by atoms with E-state index in [1.807, 2.05) is 47.7 Å². The lowest BCUT2D eigenvalue weighted by molar-refractivity contribution is 0.0774. The third-order valence-corrected chi connectivity index (χ3v) is 5.83. The number of anilines is 1. The second-order valence-electron chi connectivity index (χ2n) is 6.91. The van der Waals surface area contributed by atoms with E-state index in [2.05, 4.69) is 19.9 Å². The molecule has 1 aliphatic heterocycles. The van der Waals surface area contributed by atoms with Crippen molar-refractivity contribution in [2.45, 2.75) is 19.0 Å². The van der Waals surface area contributed by atoms with Crippen molar-refractivity contribution in [2.75, 3.05) is 25.9 Å². The summed E-state index contributed by atoms with van der Waals surface area (Å²) in [6, 6.07) is 11.9. The highest BCUT2D eigenvalue weighted by molar-refractivity contribution is 7.13. The largest absolute Gasteiger partial charge is 0.384 e. The maximum Gasteiger partial charge on any atom is 0.273 e. The molecular weight excluding hydrogens is 372 g/mol. The maximum atomic E-state index is 12.9. The smallest absolute Gasteiger partial charge is 0.273 e. The lowest BCUT2D eigenvalue weighted by atomic mass is 10.2. The van der Waals surface area contributed by atoms with Crippen LogP contribution >= 0.6 is 11.3 Å². The first-order valence-electron chi connectivity index (χ1n) is 9.18. The van der Waals surface area contributed by atoms with Gasteiger partial charge in [0.25, 0.3) is 5.91 Å². The summed E-state index contributed by atoms with van der Waals surface area (Å²) in [5.41, 5.74) is 7.28. The standard InChI is InChI=1S/C20H22N6OS/c1-25(12-18-22-9-7-17(21)24-18)15-8-10-26(11-15)20(27)16-13-28-19(23-16)14-5-3-2-4-6-14/h2-7,9,13,15H,8,10-12H2,1H3,(H2,21,22,24)/t15-/m0/s1. The maximum absolute atomic E-state index is 12.9. The Balaban J connectivity index is 1.38. The summed E-state index contributed by atoms with van der Waals surface area (Å²) in [4.78, 5) is 30.0. The van der Waals surface area contributed by atoms with Crippen LogP contribution in [0, 0.1) is 0 Å². The molecule has 0 spiro atoms. The molecular formula is C20H22N6OS. The van der Waals surface area contributed by atoms with Gasteiger partial charge in [-0.1, -0.05) is 30.3 Å². The minimum Gasteiger partial charge on any atom is -0.384 e. The summed E-state index contributed by atoms with van der Waals surface area (Å²) in [7, 11) is 2.03. The van der Waals surface area contributed by atoms with Gasteiger partial charge in [-0.15, -0.1) is 11.3 Å². The van der Waals surface area contributed by atoms with Gasteiger partial charge in [0.15, 0.2) is 0 Å². The van der Waals surface area contributed by atoms with Crippen LogP contribution in [0.3, 0.4) is 0 Å². The Morgan fingerprint density at radius 3 is 2.89 bits per heavy atom. The number of thiazole rings is 1. The normalized spacial score (nSPS) is 16.6. The molecule has 1 atom stereocenters. The van der Waals surface area contributed by atoms with Crippen molar-refractivity contribution in [3.63, 3.8) is 0 Å². The minimum atomic E-state index is -0.00506. The second kappa shape index (κ2) is 8.04. The Morgan fingerprint density at radius 1 is 1.29 bits per heavy atom. The van der Waals surface area contributed by atoms with Crippen molar-refractivity contribution in [1.82, 2.24) is 24.8 Å². The molecule has 3 aromatic rings. The van der Waals surface area contributed by atoms with Crippen LogP contribution in [0.5, 0.6) is 0 Å². The van der Waals surface area contributed by atoms with Gasteiger partial charge in [-0.3, -0.25) is 9.69 Å². The van der Waals surface area contributed by atoms with Crippen molar-refractivity contribution >= 4 is 23.1 Å². The van der Waals surface area contributed by atoms with E-state index in [0.29, 0.717) is 30.4 Å². The quantitative estimate of drug-likeness (QED) is 0.715. The predicted octanol–water partition coefficient (Wildman–Crippen LogP) is 2.53. The zero-order chi connectivity index (χ0) is 19.5. The molecule has 0 aliphatic carbocycles. The Bertz CT molecular complexity index is 960. The minimum absolute atomic E-state index is 0.00506.